The molecule has 4 aromatic rings. The van der Waals surface area contributed by atoms with Crippen molar-refractivity contribution >= 4 is 17.8 Å². The number of hydrogen-bond acceptors (Lipinski definition) is 6. The summed E-state index contributed by atoms with van der Waals surface area (Å²) in [5.74, 6) is 1.20. The van der Waals surface area contributed by atoms with Gasteiger partial charge >= 0.3 is 0 Å². The lowest BCUT2D eigenvalue weighted by atomic mass is 9.80. The summed E-state index contributed by atoms with van der Waals surface area (Å²) in [5.41, 5.74) is 10.1. The van der Waals surface area contributed by atoms with E-state index in [1.807, 2.05) is 84.9 Å². The van der Waals surface area contributed by atoms with E-state index in [1.54, 1.807) is 23.4 Å². The first-order chi connectivity index (χ1) is 21.5. The summed E-state index contributed by atoms with van der Waals surface area (Å²) in [7, 11) is 0. The van der Waals surface area contributed by atoms with Crippen LogP contribution in [0.15, 0.2) is 108 Å². The third kappa shape index (κ3) is 5.43. The van der Waals surface area contributed by atoms with E-state index in [9.17, 15) is 9.59 Å². The molecule has 1 aromatic heterocycles. The van der Waals surface area contributed by atoms with Crippen LogP contribution in [0.1, 0.15) is 76.8 Å². The van der Waals surface area contributed by atoms with Crippen LogP contribution < -0.4 is 15.8 Å². The van der Waals surface area contributed by atoms with Crippen LogP contribution in [0.3, 0.4) is 0 Å². The van der Waals surface area contributed by atoms with Crippen molar-refractivity contribution in [3.8, 4) is 5.75 Å². The zero-order valence-corrected chi connectivity index (χ0v) is 24.4. The maximum Gasteiger partial charge on any atom is 0.251 e. The number of hydrogen-bond donors (Lipinski definition) is 2. The summed E-state index contributed by atoms with van der Waals surface area (Å²) in [6.07, 6.45) is 7.42. The van der Waals surface area contributed by atoms with Crippen molar-refractivity contribution in [1.82, 2.24) is 15.2 Å². The summed E-state index contributed by atoms with van der Waals surface area (Å²) >= 11 is 0. The topological polar surface area (TPSA) is 110 Å². The van der Waals surface area contributed by atoms with Gasteiger partial charge in [-0.25, -0.2) is 4.99 Å². The minimum atomic E-state index is -0.693. The van der Waals surface area contributed by atoms with Gasteiger partial charge < -0.3 is 15.8 Å². The van der Waals surface area contributed by atoms with Gasteiger partial charge in [0.2, 0.25) is 5.91 Å². The molecule has 3 aliphatic rings. The number of nitrogens with zero attached hydrogens (tertiary/aromatic N) is 3. The Morgan fingerprint density at radius 3 is 2.55 bits per heavy atom. The van der Waals surface area contributed by atoms with Gasteiger partial charge in [-0.05, 0) is 53.3 Å². The third-order valence-electron chi connectivity index (χ3n) is 8.91. The van der Waals surface area contributed by atoms with Crippen LogP contribution in [-0.4, -0.2) is 34.3 Å². The summed E-state index contributed by atoms with van der Waals surface area (Å²) in [6.45, 7) is 0.534. The van der Waals surface area contributed by atoms with E-state index in [2.05, 4.69) is 10.3 Å². The van der Waals surface area contributed by atoms with E-state index >= 15 is 0 Å². The van der Waals surface area contributed by atoms with Gasteiger partial charge in [0.25, 0.3) is 5.91 Å². The number of ether oxygens (including phenoxy) is 1. The van der Waals surface area contributed by atoms with E-state index in [-0.39, 0.29) is 30.2 Å². The standard InChI is InChI=1S/C36H35N5O3/c37-35-40-36(21-24-15-16-24,28-11-2-1-3-12-28)22-32(42)41(35)33(27-10-7-18-38-23-27)25-8-6-9-26(20-25)34(43)39-30-17-19-44-31-14-5-4-13-29(30)31/h1-14,18,20,23-24,30,33H,15-17,19,21-22H2,(H2,37,40)(H,39,43)/t30?,33?,36-/m1/s1. The van der Waals surface area contributed by atoms with Gasteiger partial charge in [-0.3, -0.25) is 19.5 Å². The summed E-state index contributed by atoms with van der Waals surface area (Å²) in [6, 6.07) is 28.2. The molecule has 3 atom stereocenters. The SMILES string of the molecule is NC1=N[C@@](CC2CC2)(c2ccccc2)CC(=O)N1C(c1cccnc1)c1cccc(C(=O)NC2CCOc3ccccc32)c1. The lowest BCUT2D eigenvalue weighted by molar-refractivity contribution is -0.131. The fourth-order valence-electron chi connectivity index (χ4n) is 6.61. The third-order valence-corrected chi connectivity index (χ3v) is 8.91. The number of para-hydroxylation sites is 1. The molecule has 3 N–H and O–H groups in total. The highest BCUT2D eigenvalue weighted by Gasteiger charge is 2.46. The Morgan fingerprint density at radius 1 is 0.977 bits per heavy atom. The van der Waals surface area contributed by atoms with E-state index in [0.717, 1.165) is 47.3 Å². The molecule has 1 saturated carbocycles. The zero-order chi connectivity index (χ0) is 30.1. The van der Waals surface area contributed by atoms with Crippen LogP contribution in [0.25, 0.3) is 0 Å². The van der Waals surface area contributed by atoms with Gasteiger partial charge in [0.15, 0.2) is 5.96 Å². The number of amides is 2. The molecular weight excluding hydrogens is 550 g/mol. The summed E-state index contributed by atoms with van der Waals surface area (Å²) < 4.78 is 5.78. The molecule has 0 spiro atoms. The number of aromatic nitrogens is 1. The molecule has 0 bridgehead atoms. The summed E-state index contributed by atoms with van der Waals surface area (Å²) in [5, 5.41) is 3.19. The first-order valence-electron chi connectivity index (χ1n) is 15.3. The minimum Gasteiger partial charge on any atom is -0.493 e. The van der Waals surface area contributed by atoms with Gasteiger partial charge in [-0.15, -0.1) is 0 Å². The number of aliphatic imine (C=N–C) groups is 1. The molecule has 2 amide bonds. The molecule has 3 aromatic carbocycles. The number of rotatable bonds is 8. The van der Waals surface area contributed by atoms with Gasteiger partial charge in [0.1, 0.15) is 5.75 Å². The molecule has 0 radical (unpaired) electrons. The largest absolute Gasteiger partial charge is 0.493 e. The van der Waals surface area contributed by atoms with E-state index in [1.165, 1.54) is 0 Å². The van der Waals surface area contributed by atoms with Crippen LogP contribution in [0.5, 0.6) is 5.75 Å². The van der Waals surface area contributed by atoms with Crippen molar-refractivity contribution < 1.29 is 14.3 Å². The van der Waals surface area contributed by atoms with Crippen LogP contribution in [0.4, 0.5) is 0 Å². The van der Waals surface area contributed by atoms with Gasteiger partial charge in [0.05, 0.1) is 30.7 Å². The highest BCUT2D eigenvalue weighted by Crippen LogP contribution is 2.47. The Bertz CT molecular complexity index is 1710. The van der Waals surface area contributed by atoms with Crippen molar-refractivity contribution in [3.05, 3.63) is 131 Å². The zero-order valence-electron chi connectivity index (χ0n) is 24.4. The van der Waals surface area contributed by atoms with Gasteiger partial charge in [0, 0.05) is 29.9 Å². The number of carbonyl (C=O) groups is 2. The van der Waals surface area contributed by atoms with Crippen molar-refractivity contribution in [2.75, 3.05) is 6.61 Å². The van der Waals surface area contributed by atoms with Crippen LogP contribution in [0, 0.1) is 5.92 Å². The molecule has 44 heavy (non-hydrogen) atoms. The molecule has 2 unspecified atom stereocenters. The molecule has 8 nitrogen and oxygen atoms in total. The molecule has 8 heteroatoms. The molecule has 7 rings (SSSR count). The van der Waals surface area contributed by atoms with Crippen LogP contribution in [0.2, 0.25) is 0 Å². The predicted octanol–water partition coefficient (Wildman–Crippen LogP) is 5.67. The quantitative estimate of drug-likeness (QED) is 0.277. The molecule has 2 aliphatic heterocycles. The van der Waals surface area contributed by atoms with E-state index in [4.69, 9.17) is 15.5 Å². The second kappa shape index (κ2) is 11.6. The number of nitrogens with one attached hydrogen (secondary N) is 1. The normalized spacial score (nSPS) is 21.9. The van der Waals surface area contributed by atoms with Crippen molar-refractivity contribution in [2.24, 2.45) is 16.6 Å². The smallest absolute Gasteiger partial charge is 0.251 e. The monoisotopic (exact) mass is 585 g/mol. The van der Waals surface area contributed by atoms with Crippen molar-refractivity contribution in [1.29, 1.82) is 0 Å². The fraction of sp³-hybridized carbons (Fsp3) is 0.278. The predicted molar refractivity (Wildman–Crippen MR) is 168 cm³/mol. The number of guanidine groups is 1. The first kappa shape index (κ1) is 27.8. The molecule has 0 saturated heterocycles. The highest BCUT2D eigenvalue weighted by molar-refractivity contribution is 6.00. The number of nitrogens with two attached hydrogens (primary N) is 1. The first-order valence-corrected chi connectivity index (χ1v) is 15.3. The number of fused-ring (bicyclic) bond motifs is 1. The lowest BCUT2D eigenvalue weighted by Gasteiger charge is -2.41. The average Bonchev–Trinajstić information content (AvgIpc) is 3.87. The second-order valence-corrected chi connectivity index (χ2v) is 12.0. The number of carbonyl (C=O) groups excluding carboxylic acids is 2. The molecule has 3 heterocycles. The van der Waals surface area contributed by atoms with E-state index < -0.39 is 11.6 Å². The Kier molecular flexibility index (Phi) is 7.34. The highest BCUT2D eigenvalue weighted by atomic mass is 16.5. The maximum atomic E-state index is 14.2. The Labute approximate surface area is 257 Å². The Morgan fingerprint density at radius 2 is 1.77 bits per heavy atom. The Balaban J connectivity index is 1.24. The maximum absolute atomic E-state index is 14.2. The van der Waals surface area contributed by atoms with Crippen LogP contribution in [-0.2, 0) is 10.3 Å². The average molecular weight is 586 g/mol. The summed E-state index contributed by atoms with van der Waals surface area (Å²) in [4.78, 5) is 38.9. The number of benzene rings is 3. The molecule has 222 valence electrons. The van der Waals surface area contributed by atoms with Crippen molar-refractivity contribution in [3.63, 3.8) is 0 Å². The second-order valence-electron chi connectivity index (χ2n) is 12.0. The molecule has 1 aliphatic carbocycles. The number of pyridine rings is 1. The van der Waals surface area contributed by atoms with Gasteiger partial charge in [-0.2, -0.15) is 0 Å². The van der Waals surface area contributed by atoms with Crippen molar-refractivity contribution in [2.45, 2.75) is 49.7 Å². The molecular formula is C36H35N5O3. The Hall–Kier alpha value is -4.98. The fourth-order valence-corrected chi connectivity index (χ4v) is 6.61. The van der Waals surface area contributed by atoms with Crippen LogP contribution >= 0.6 is 0 Å². The van der Waals surface area contributed by atoms with E-state index in [0.29, 0.717) is 24.5 Å². The lowest BCUT2D eigenvalue weighted by Crippen LogP contribution is -2.52. The molecule has 1 fully saturated rings. The van der Waals surface area contributed by atoms with Gasteiger partial charge in [-0.1, -0.05) is 79.6 Å². The minimum absolute atomic E-state index is 0.107.